The molecule has 2 bridgehead atoms. The molecular formula is C22H26F3N5O2. The molecule has 3 aliphatic rings. The van der Waals surface area contributed by atoms with E-state index in [9.17, 15) is 28.0 Å². The number of piperazine rings is 1. The maximum atomic E-state index is 13.1. The third-order valence-corrected chi connectivity index (χ3v) is 6.86. The third-order valence-electron chi connectivity index (χ3n) is 6.86. The van der Waals surface area contributed by atoms with E-state index < -0.39 is 35.9 Å². The first-order valence-electron chi connectivity index (χ1n) is 10.8. The average molecular weight is 449 g/mol. The Bertz CT molecular complexity index is 946. The van der Waals surface area contributed by atoms with Gasteiger partial charge in [-0.3, -0.25) is 14.5 Å². The van der Waals surface area contributed by atoms with Crippen LogP contribution in [-0.2, 0) is 15.8 Å². The number of hydrogen-bond acceptors (Lipinski definition) is 5. The molecule has 0 saturated carbocycles. The summed E-state index contributed by atoms with van der Waals surface area (Å²) < 4.78 is 39.3. The topological polar surface area (TPSA) is 93.7 Å². The van der Waals surface area contributed by atoms with Crippen molar-refractivity contribution in [2.24, 2.45) is 5.73 Å². The number of carbonyl (C=O) groups excluding carboxylic acids is 2. The molecule has 0 aliphatic carbocycles. The predicted molar refractivity (Wildman–Crippen MR) is 109 cm³/mol. The van der Waals surface area contributed by atoms with Crippen molar-refractivity contribution >= 4 is 11.8 Å². The molecule has 3 aliphatic heterocycles. The molecule has 0 aromatic heterocycles. The quantitative estimate of drug-likeness (QED) is 0.741. The molecule has 3 saturated heterocycles. The van der Waals surface area contributed by atoms with E-state index in [2.05, 4.69) is 6.07 Å². The molecule has 172 valence electrons. The van der Waals surface area contributed by atoms with Gasteiger partial charge in [-0.05, 0) is 43.9 Å². The summed E-state index contributed by atoms with van der Waals surface area (Å²) in [5.74, 6) is -0.430. The number of amides is 2. The van der Waals surface area contributed by atoms with E-state index in [1.807, 2.05) is 4.90 Å². The molecule has 2 amide bonds. The third kappa shape index (κ3) is 3.95. The van der Waals surface area contributed by atoms with Gasteiger partial charge in [-0.1, -0.05) is 12.1 Å². The highest BCUT2D eigenvalue weighted by molar-refractivity contribution is 5.87. The van der Waals surface area contributed by atoms with Crippen molar-refractivity contribution in [3.05, 3.63) is 35.4 Å². The molecule has 0 radical (unpaired) electrons. The van der Waals surface area contributed by atoms with Crippen LogP contribution in [0.25, 0.3) is 0 Å². The van der Waals surface area contributed by atoms with E-state index in [4.69, 9.17) is 5.73 Å². The number of alkyl halides is 3. The second kappa shape index (κ2) is 8.37. The largest absolute Gasteiger partial charge is 0.416 e. The average Bonchev–Trinajstić information content (AvgIpc) is 3.46. The lowest BCUT2D eigenvalue weighted by atomic mass is 10.0. The fourth-order valence-corrected chi connectivity index (χ4v) is 5.24. The Morgan fingerprint density at radius 2 is 2.12 bits per heavy atom. The predicted octanol–water partition coefficient (Wildman–Crippen LogP) is 1.89. The molecule has 1 aromatic rings. The molecule has 4 rings (SSSR count). The van der Waals surface area contributed by atoms with Gasteiger partial charge < -0.3 is 15.5 Å². The number of fused-ring (bicyclic) bond motifs is 2. The second-order valence-electron chi connectivity index (χ2n) is 8.83. The monoisotopic (exact) mass is 449 g/mol. The summed E-state index contributed by atoms with van der Waals surface area (Å²) in [5, 5.41) is 9.20. The summed E-state index contributed by atoms with van der Waals surface area (Å²) in [4.78, 5) is 30.8. The summed E-state index contributed by atoms with van der Waals surface area (Å²) in [6.07, 6.45) is -2.47. The van der Waals surface area contributed by atoms with Crippen LogP contribution in [0, 0.1) is 11.3 Å². The number of rotatable bonds is 5. The van der Waals surface area contributed by atoms with E-state index in [0.29, 0.717) is 31.5 Å². The summed E-state index contributed by atoms with van der Waals surface area (Å²) in [7, 11) is 0. The lowest BCUT2D eigenvalue weighted by Crippen LogP contribution is -2.56. The van der Waals surface area contributed by atoms with Gasteiger partial charge in [0, 0.05) is 25.7 Å². The minimum Gasteiger partial charge on any atom is -0.330 e. The van der Waals surface area contributed by atoms with Gasteiger partial charge >= 0.3 is 6.18 Å². The SMILES string of the molecule is C[C@@H](c1cccc(C(F)(F)F)c1)N1C(=O)[C@@H]2C[C@H]1CN2C[C@H](N)C(=O)N1CCC[C@H]1C#N. The Hall–Kier alpha value is -2.64. The molecule has 5 atom stereocenters. The van der Waals surface area contributed by atoms with E-state index in [1.54, 1.807) is 17.9 Å². The van der Waals surface area contributed by atoms with Crippen molar-refractivity contribution < 1.29 is 22.8 Å². The Kier molecular flexibility index (Phi) is 5.90. The van der Waals surface area contributed by atoms with Crippen LogP contribution in [0.5, 0.6) is 0 Å². The molecule has 7 nitrogen and oxygen atoms in total. The van der Waals surface area contributed by atoms with Gasteiger partial charge in [0.15, 0.2) is 0 Å². The maximum absolute atomic E-state index is 13.1. The van der Waals surface area contributed by atoms with Crippen molar-refractivity contribution in [3.63, 3.8) is 0 Å². The lowest BCUT2D eigenvalue weighted by molar-refractivity contribution is -0.141. The highest BCUT2D eigenvalue weighted by atomic mass is 19.4. The van der Waals surface area contributed by atoms with Gasteiger partial charge in [0.25, 0.3) is 0 Å². The zero-order valence-corrected chi connectivity index (χ0v) is 17.8. The second-order valence-corrected chi connectivity index (χ2v) is 8.83. The van der Waals surface area contributed by atoms with Crippen LogP contribution in [0.15, 0.2) is 24.3 Å². The molecule has 1 aromatic carbocycles. The van der Waals surface area contributed by atoms with E-state index in [1.165, 1.54) is 11.0 Å². The summed E-state index contributed by atoms with van der Waals surface area (Å²) in [6.45, 7) is 2.98. The standard InChI is InChI=1S/C22H26F3N5O2/c1-13(14-4-2-5-15(8-14)22(23,24)25)30-17-9-19(21(30)32)28(11-17)12-18(27)20(31)29-7-3-6-16(29)10-26/h2,4-5,8,13,16-19H,3,6-7,9,11-12,27H2,1H3/t13-,16-,17-,18-,19-/m0/s1. The normalized spacial score (nSPS) is 27.6. The highest BCUT2D eigenvalue weighted by Crippen LogP contribution is 2.39. The van der Waals surface area contributed by atoms with Crippen LogP contribution in [0.3, 0.4) is 0 Å². The number of nitrogens with two attached hydrogens (primary N) is 1. The molecule has 3 heterocycles. The van der Waals surface area contributed by atoms with Crippen molar-refractivity contribution in [2.45, 2.75) is 62.6 Å². The first-order chi connectivity index (χ1) is 15.1. The summed E-state index contributed by atoms with van der Waals surface area (Å²) in [5.41, 5.74) is 5.85. The molecule has 0 spiro atoms. The molecule has 32 heavy (non-hydrogen) atoms. The van der Waals surface area contributed by atoms with Gasteiger partial charge in [-0.25, -0.2) is 0 Å². The summed E-state index contributed by atoms with van der Waals surface area (Å²) >= 11 is 0. The van der Waals surface area contributed by atoms with Gasteiger partial charge in [0.2, 0.25) is 11.8 Å². The van der Waals surface area contributed by atoms with Crippen LogP contribution in [0.2, 0.25) is 0 Å². The zero-order valence-electron chi connectivity index (χ0n) is 17.8. The van der Waals surface area contributed by atoms with E-state index in [0.717, 1.165) is 18.6 Å². The van der Waals surface area contributed by atoms with E-state index >= 15 is 0 Å². The number of halogens is 3. The van der Waals surface area contributed by atoms with Crippen LogP contribution in [-0.4, -0.2) is 70.3 Å². The Balaban J connectivity index is 1.41. The van der Waals surface area contributed by atoms with Gasteiger partial charge in [0.1, 0.15) is 6.04 Å². The van der Waals surface area contributed by atoms with Crippen molar-refractivity contribution in [1.29, 1.82) is 5.26 Å². The first kappa shape index (κ1) is 22.6. The maximum Gasteiger partial charge on any atom is 0.416 e. The number of hydrogen-bond donors (Lipinski definition) is 1. The van der Waals surface area contributed by atoms with Crippen molar-refractivity contribution in [1.82, 2.24) is 14.7 Å². The molecular weight excluding hydrogens is 423 g/mol. The van der Waals surface area contributed by atoms with Crippen molar-refractivity contribution in [2.75, 3.05) is 19.6 Å². The first-order valence-corrected chi connectivity index (χ1v) is 10.8. The minimum absolute atomic E-state index is 0.141. The number of nitriles is 1. The van der Waals surface area contributed by atoms with Gasteiger partial charge in [-0.15, -0.1) is 0 Å². The van der Waals surface area contributed by atoms with Crippen LogP contribution in [0.1, 0.15) is 43.4 Å². The fourth-order valence-electron chi connectivity index (χ4n) is 5.24. The minimum atomic E-state index is -4.44. The van der Waals surface area contributed by atoms with E-state index in [-0.39, 0.29) is 24.4 Å². The number of carbonyl (C=O) groups is 2. The molecule has 2 N–H and O–H groups in total. The zero-order chi connectivity index (χ0) is 23.2. The Labute approximate surface area is 184 Å². The smallest absolute Gasteiger partial charge is 0.330 e. The van der Waals surface area contributed by atoms with Crippen molar-refractivity contribution in [3.8, 4) is 6.07 Å². The van der Waals surface area contributed by atoms with Gasteiger partial charge in [0.05, 0.1) is 29.8 Å². The number of nitrogens with zero attached hydrogens (tertiary/aromatic N) is 4. The summed E-state index contributed by atoms with van der Waals surface area (Å²) in [6, 6.07) is 4.87. The number of likely N-dealkylation sites (tertiary alicyclic amines) is 3. The molecule has 3 fully saturated rings. The van der Waals surface area contributed by atoms with Crippen LogP contribution < -0.4 is 5.73 Å². The lowest BCUT2D eigenvalue weighted by Gasteiger charge is -2.38. The van der Waals surface area contributed by atoms with Crippen LogP contribution >= 0.6 is 0 Å². The Morgan fingerprint density at radius 1 is 1.38 bits per heavy atom. The molecule has 10 heteroatoms. The number of benzene rings is 1. The Morgan fingerprint density at radius 3 is 2.78 bits per heavy atom. The van der Waals surface area contributed by atoms with Gasteiger partial charge in [-0.2, -0.15) is 18.4 Å². The molecule has 0 unspecified atom stereocenters. The highest BCUT2D eigenvalue weighted by Gasteiger charge is 2.51. The van der Waals surface area contributed by atoms with Crippen LogP contribution in [0.4, 0.5) is 13.2 Å². The fraction of sp³-hybridized carbons (Fsp3) is 0.591.